The Morgan fingerprint density at radius 3 is 2.77 bits per heavy atom. The zero-order valence-corrected chi connectivity index (χ0v) is 14.3. The van der Waals surface area contributed by atoms with Crippen LogP contribution in [-0.4, -0.2) is 42.4 Å². The van der Waals surface area contributed by atoms with E-state index in [1.165, 1.54) is 13.2 Å². The van der Waals surface area contributed by atoms with E-state index in [-0.39, 0.29) is 30.8 Å². The number of hydrogen-bond acceptors (Lipinski definition) is 4. The van der Waals surface area contributed by atoms with Crippen LogP contribution in [0, 0.1) is 5.92 Å². The minimum absolute atomic E-state index is 0.0191. The number of carbonyl (C=O) groups excluding carboxylic acids is 1. The Kier molecular flexibility index (Phi) is 5.09. The van der Waals surface area contributed by atoms with Crippen molar-refractivity contribution >= 4 is 16.7 Å². The number of esters is 1. The largest absolute Gasteiger partial charge is 0.507 e. The Morgan fingerprint density at radius 2 is 2.08 bits per heavy atom. The molecule has 0 saturated carbocycles. The van der Waals surface area contributed by atoms with E-state index < -0.39 is 18.1 Å². The highest BCUT2D eigenvalue weighted by atomic mass is 19.4. The predicted octanol–water partition coefficient (Wildman–Crippen LogP) is 4.11. The number of piperidine rings is 1. The molecule has 1 fully saturated rings. The summed E-state index contributed by atoms with van der Waals surface area (Å²) in [6, 6.07) is 8.70. The van der Waals surface area contributed by atoms with Gasteiger partial charge in [-0.25, -0.2) is 4.79 Å². The van der Waals surface area contributed by atoms with Gasteiger partial charge in [-0.1, -0.05) is 24.3 Å². The first-order valence-electron chi connectivity index (χ1n) is 8.42. The normalized spacial score (nSPS) is 18.8. The van der Waals surface area contributed by atoms with Gasteiger partial charge in [-0.3, -0.25) is 4.90 Å². The molecule has 0 amide bonds. The van der Waals surface area contributed by atoms with Crippen LogP contribution in [0.25, 0.3) is 10.8 Å². The SMILES string of the molecule is COC(=O)c1cc2ccccc2c(CN2CCCC(C(F)(F)F)C2)c1O. The summed E-state index contributed by atoms with van der Waals surface area (Å²) in [4.78, 5) is 13.6. The molecule has 0 bridgehead atoms. The number of carbonyl (C=O) groups is 1. The van der Waals surface area contributed by atoms with Gasteiger partial charge in [-0.05, 0) is 36.2 Å². The zero-order valence-electron chi connectivity index (χ0n) is 14.3. The Balaban J connectivity index is 1.98. The molecule has 2 aromatic rings. The molecule has 3 rings (SSSR count). The molecule has 140 valence electrons. The summed E-state index contributed by atoms with van der Waals surface area (Å²) < 4.78 is 43.9. The summed E-state index contributed by atoms with van der Waals surface area (Å²) in [6.45, 7) is 0.548. The molecule has 1 N–H and O–H groups in total. The molecule has 7 heteroatoms. The molecule has 2 aromatic carbocycles. The Morgan fingerprint density at radius 1 is 1.35 bits per heavy atom. The summed E-state index contributed by atoms with van der Waals surface area (Å²) in [6.07, 6.45) is -3.66. The van der Waals surface area contributed by atoms with Crippen LogP contribution in [0.15, 0.2) is 30.3 Å². The van der Waals surface area contributed by atoms with Crippen molar-refractivity contribution in [1.29, 1.82) is 0 Å². The molecular weight excluding hydrogens is 347 g/mol. The van der Waals surface area contributed by atoms with E-state index >= 15 is 0 Å². The Labute approximate surface area is 149 Å². The van der Waals surface area contributed by atoms with Gasteiger partial charge in [0.1, 0.15) is 11.3 Å². The lowest BCUT2D eigenvalue weighted by Gasteiger charge is -2.34. The maximum atomic E-state index is 13.1. The van der Waals surface area contributed by atoms with Gasteiger partial charge in [0, 0.05) is 18.7 Å². The van der Waals surface area contributed by atoms with E-state index in [0.29, 0.717) is 23.9 Å². The second-order valence-electron chi connectivity index (χ2n) is 6.58. The van der Waals surface area contributed by atoms with Crippen molar-refractivity contribution in [2.45, 2.75) is 25.6 Å². The number of rotatable bonds is 3. The molecule has 1 aliphatic heterocycles. The molecule has 1 saturated heterocycles. The second kappa shape index (κ2) is 7.15. The van der Waals surface area contributed by atoms with E-state index in [0.717, 1.165) is 5.39 Å². The molecule has 1 aliphatic rings. The van der Waals surface area contributed by atoms with Crippen LogP contribution < -0.4 is 0 Å². The number of methoxy groups -OCH3 is 1. The van der Waals surface area contributed by atoms with Crippen LogP contribution in [-0.2, 0) is 11.3 Å². The number of aromatic hydroxyl groups is 1. The number of likely N-dealkylation sites (tertiary alicyclic amines) is 1. The van der Waals surface area contributed by atoms with Crippen molar-refractivity contribution in [3.8, 4) is 5.75 Å². The van der Waals surface area contributed by atoms with E-state index in [9.17, 15) is 23.1 Å². The van der Waals surface area contributed by atoms with Gasteiger partial charge in [-0.15, -0.1) is 0 Å². The molecule has 0 aliphatic carbocycles. The standard InChI is InChI=1S/C19H20F3NO3/c1-26-18(25)15-9-12-5-2-3-7-14(12)16(17(15)24)11-23-8-4-6-13(10-23)19(20,21)22/h2-3,5,7,9,13,24H,4,6,8,10-11H2,1H3. The van der Waals surface area contributed by atoms with E-state index in [1.807, 2.05) is 0 Å². The first-order chi connectivity index (χ1) is 12.3. The number of benzene rings is 2. The zero-order chi connectivity index (χ0) is 18.9. The van der Waals surface area contributed by atoms with Crippen molar-refractivity contribution in [1.82, 2.24) is 4.90 Å². The van der Waals surface area contributed by atoms with Crippen molar-refractivity contribution in [3.63, 3.8) is 0 Å². The topological polar surface area (TPSA) is 49.8 Å². The number of alkyl halides is 3. The summed E-state index contributed by atoms with van der Waals surface area (Å²) in [5.74, 6) is -2.28. The summed E-state index contributed by atoms with van der Waals surface area (Å²) in [7, 11) is 1.22. The van der Waals surface area contributed by atoms with Gasteiger partial charge in [0.25, 0.3) is 0 Å². The molecule has 0 aromatic heterocycles. The minimum Gasteiger partial charge on any atom is -0.507 e. The van der Waals surface area contributed by atoms with Crippen LogP contribution in [0.4, 0.5) is 13.2 Å². The van der Waals surface area contributed by atoms with Gasteiger partial charge >= 0.3 is 12.1 Å². The lowest BCUT2D eigenvalue weighted by atomic mass is 9.95. The fourth-order valence-corrected chi connectivity index (χ4v) is 3.53. The number of nitrogens with zero attached hydrogens (tertiary/aromatic N) is 1. The smallest absolute Gasteiger partial charge is 0.393 e. The van der Waals surface area contributed by atoms with Gasteiger partial charge in [0.05, 0.1) is 13.0 Å². The molecule has 0 radical (unpaired) electrons. The number of phenolic OH excluding ortho intramolecular Hbond substituents is 1. The number of fused-ring (bicyclic) bond motifs is 1. The van der Waals surface area contributed by atoms with Gasteiger partial charge in [-0.2, -0.15) is 13.2 Å². The third-order valence-electron chi connectivity index (χ3n) is 4.88. The van der Waals surface area contributed by atoms with E-state index in [2.05, 4.69) is 0 Å². The first kappa shape index (κ1) is 18.5. The highest BCUT2D eigenvalue weighted by Gasteiger charge is 2.41. The van der Waals surface area contributed by atoms with E-state index in [4.69, 9.17) is 4.74 Å². The second-order valence-corrected chi connectivity index (χ2v) is 6.58. The number of ether oxygens (including phenoxy) is 1. The van der Waals surface area contributed by atoms with Crippen LogP contribution in [0.3, 0.4) is 0 Å². The molecule has 4 nitrogen and oxygen atoms in total. The van der Waals surface area contributed by atoms with Crippen LogP contribution in [0.5, 0.6) is 5.75 Å². The summed E-state index contributed by atoms with van der Waals surface area (Å²) in [5.41, 5.74) is 0.469. The van der Waals surface area contributed by atoms with Crippen molar-refractivity contribution in [3.05, 3.63) is 41.5 Å². The van der Waals surface area contributed by atoms with Crippen LogP contribution in [0.2, 0.25) is 0 Å². The number of hydrogen-bond donors (Lipinski definition) is 1. The molecule has 26 heavy (non-hydrogen) atoms. The Bertz CT molecular complexity index is 820. The van der Waals surface area contributed by atoms with E-state index in [1.54, 1.807) is 29.2 Å². The maximum Gasteiger partial charge on any atom is 0.393 e. The predicted molar refractivity (Wildman–Crippen MR) is 91.0 cm³/mol. The summed E-state index contributed by atoms with van der Waals surface area (Å²) >= 11 is 0. The minimum atomic E-state index is -4.23. The van der Waals surface area contributed by atoms with Crippen LogP contribution in [0.1, 0.15) is 28.8 Å². The van der Waals surface area contributed by atoms with Crippen molar-refractivity contribution in [2.24, 2.45) is 5.92 Å². The monoisotopic (exact) mass is 367 g/mol. The molecule has 1 unspecified atom stereocenters. The summed E-state index contributed by atoms with van der Waals surface area (Å²) in [5, 5.41) is 12.0. The fourth-order valence-electron chi connectivity index (χ4n) is 3.53. The Hall–Kier alpha value is -2.28. The van der Waals surface area contributed by atoms with Gasteiger partial charge in [0.15, 0.2) is 0 Å². The molecule has 1 heterocycles. The fraction of sp³-hybridized carbons (Fsp3) is 0.421. The highest BCUT2D eigenvalue weighted by molar-refractivity contribution is 6.00. The van der Waals surface area contributed by atoms with Crippen LogP contribution >= 0.6 is 0 Å². The van der Waals surface area contributed by atoms with Crippen molar-refractivity contribution < 1.29 is 27.8 Å². The molecule has 1 atom stereocenters. The number of halogens is 3. The highest BCUT2D eigenvalue weighted by Crippen LogP contribution is 2.36. The van der Waals surface area contributed by atoms with Crippen molar-refractivity contribution in [2.75, 3.05) is 20.2 Å². The average molecular weight is 367 g/mol. The molecule has 0 spiro atoms. The lowest BCUT2D eigenvalue weighted by molar-refractivity contribution is -0.187. The first-order valence-corrected chi connectivity index (χ1v) is 8.42. The van der Waals surface area contributed by atoms with Gasteiger partial charge < -0.3 is 9.84 Å². The quantitative estimate of drug-likeness (QED) is 0.830. The molecular formula is C19H20F3NO3. The average Bonchev–Trinajstić information content (AvgIpc) is 2.62. The third-order valence-corrected chi connectivity index (χ3v) is 4.88. The third kappa shape index (κ3) is 3.62. The maximum absolute atomic E-state index is 13.1. The lowest BCUT2D eigenvalue weighted by Crippen LogP contribution is -2.41. The number of phenols is 1. The van der Waals surface area contributed by atoms with Gasteiger partial charge in [0.2, 0.25) is 0 Å².